The molecule has 5 N–H and O–H groups in total. The van der Waals surface area contributed by atoms with E-state index in [1.165, 1.54) is 19.7 Å². The largest absolute Gasteiger partial charge is 0.494 e. The Morgan fingerprint density at radius 2 is 2.21 bits per heavy atom. The minimum atomic E-state index is -0.0711. The van der Waals surface area contributed by atoms with E-state index in [1.807, 2.05) is 0 Å². The van der Waals surface area contributed by atoms with Crippen molar-refractivity contribution in [2.24, 2.45) is 0 Å². The molecule has 1 fully saturated rings. The van der Waals surface area contributed by atoms with Crippen LogP contribution in [-0.4, -0.2) is 52.2 Å². The first-order valence-electron chi connectivity index (χ1n) is 8.60. The van der Waals surface area contributed by atoms with Crippen molar-refractivity contribution in [1.82, 2.24) is 19.9 Å². The van der Waals surface area contributed by atoms with Gasteiger partial charge >= 0.3 is 0 Å². The average molecular weight is 444 g/mol. The Hall–Kier alpha value is -3.14. The van der Waals surface area contributed by atoms with Crippen molar-refractivity contribution in [2.45, 2.75) is 6.42 Å². The number of nitrogen functional groups attached to an aromatic ring is 1. The van der Waals surface area contributed by atoms with Gasteiger partial charge in [0.15, 0.2) is 0 Å². The number of nitrogens with two attached hydrogens (primary N) is 1. The second-order valence-electron chi connectivity index (χ2n) is 6.36. The van der Waals surface area contributed by atoms with Crippen LogP contribution in [0.5, 0.6) is 5.75 Å². The van der Waals surface area contributed by atoms with E-state index in [0.717, 1.165) is 19.5 Å². The maximum absolute atomic E-state index is 12.6. The second kappa shape index (κ2) is 7.12. The minimum Gasteiger partial charge on any atom is -0.494 e. The fraction of sp³-hybridized carbons (Fsp3) is 0.222. The highest BCUT2D eigenvalue weighted by Crippen LogP contribution is 2.37. The fourth-order valence-corrected chi connectivity index (χ4v) is 3.68. The number of fused-ring (bicyclic) bond motifs is 1. The lowest BCUT2D eigenvalue weighted by Crippen LogP contribution is -2.42. The molecule has 1 aliphatic heterocycles. The lowest BCUT2D eigenvalue weighted by molar-refractivity contribution is 0.0645. The molecule has 1 aromatic carbocycles. The van der Waals surface area contributed by atoms with Crippen LogP contribution in [0.1, 0.15) is 22.5 Å². The summed E-state index contributed by atoms with van der Waals surface area (Å²) in [7, 11) is 1.54. The Morgan fingerprint density at radius 3 is 2.86 bits per heavy atom. The van der Waals surface area contributed by atoms with Crippen LogP contribution in [0.25, 0.3) is 11.0 Å². The van der Waals surface area contributed by atoms with E-state index < -0.39 is 0 Å². The molecular formula is C18H18BrN7O2. The number of anilines is 3. The summed E-state index contributed by atoms with van der Waals surface area (Å²) in [5.41, 5.74) is 8.50. The first-order chi connectivity index (χ1) is 13.5. The van der Waals surface area contributed by atoms with Gasteiger partial charge in [0.1, 0.15) is 29.2 Å². The smallest absolute Gasteiger partial charge is 0.271 e. The molecule has 1 saturated heterocycles. The van der Waals surface area contributed by atoms with Crippen molar-refractivity contribution < 1.29 is 9.53 Å². The zero-order valence-corrected chi connectivity index (χ0v) is 16.6. The molecule has 3 heterocycles. The first-order valence-corrected chi connectivity index (χ1v) is 9.39. The average Bonchev–Trinajstić information content (AvgIpc) is 2.99. The third-order valence-corrected chi connectivity index (χ3v) is 5.49. The standard InChI is InChI=1S/C18H18BrN7O2/c1-28-12-6-10(21)9(7-20)5-11(12)24-16-13-14(19)15(18(27)26-3-2-4-26)25-17(13)23-8-22-16/h5-8,20H,2-4,21H2,1H3,(H2,22,23,24,25). The number of likely N-dealkylation sites (tertiary alicyclic amines) is 1. The highest BCUT2D eigenvalue weighted by Gasteiger charge is 2.27. The van der Waals surface area contributed by atoms with Gasteiger partial charge < -0.3 is 31.1 Å². The zero-order valence-electron chi connectivity index (χ0n) is 15.0. The zero-order chi connectivity index (χ0) is 19.8. The van der Waals surface area contributed by atoms with Crippen LogP contribution >= 0.6 is 15.9 Å². The molecule has 0 bridgehead atoms. The summed E-state index contributed by atoms with van der Waals surface area (Å²) >= 11 is 3.53. The summed E-state index contributed by atoms with van der Waals surface area (Å²) in [5.74, 6) is 0.936. The number of aromatic amines is 1. The van der Waals surface area contributed by atoms with Gasteiger partial charge in [0, 0.05) is 36.6 Å². The van der Waals surface area contributed by atoms with Crippen molar-refractivity contribution in [1.29, 1.82) is 5.41 Å². The van der Waals surface area contributed by atoms with Gasteiger partial charge in [-0.2, -0.15) is 0 Å². The van der Waals surface area contributed by atoms with Crippen LogP contribution in [0.15, 0.2) is 22.9 Å². The van der Waals surface area contributed by atoms with E-state index in [4.69, 9.17) is 15.9 Å². The van der Waals surface area contributed by atoms with Crippen LogP contribution in [0.3, 0.4) is 0 Å². The molecule has 3 aromatic rings. The monoisotopic (exact) mass is 443 g/mol. The maximum Gasteiger partial charge on any atom is 0.271 e. The van der Waals surface area contributed by atoms with Gasteiger partial charge in [-0.3, -0.25) is 4.79 Å². The second-order valence-corrected chi connectivity index (χ2v) is 7.15. The van der Waals surface area contributed by atoms with Gasteiger partial charge in [-0.15, -0.1) is 0 Å². The van der Waals surface area contributed by atoms with E-state index in [0.29, 0.717) is 49.7 Å². The number of methoxy groups -OCH3 is 1. The number of nitrogens with zero attached hydrogens (tertiary/aromatic N) is 3. The number of nitrogens with one attached hydrogen (secondary N) is 3. The minimum absolute atomic E-state index is 0.0711. The fourth-order valence-electron chi connectivity index (χ4n) is 3.04. The van der Waals surface area contributed by atoms with E-state index >= 15 is 0 Å². The van der Waals surface area contributed by atoms with E-state index in [2.05, 4.69) is 36.2 Å². The summed E-state index contributed by atoms with van der Waals surface area (Å²) in [4.78, 5) is 26.1. The van der Waals surface area contributed by atoms with Crippen LogP contribution in [0.2, 0.25) is 0 Å². The van der Waals surface area contributed by atoms with Crippen LogP contribution in [0, 0.1) is 5.41 Å². The number of amides is 1. The number of carbonyl (C=O) groups is 1. The summed E-state index contributed by atoms with van der Waals surface area (Å²) in [6.45, 7) is 1.51. The molecule has 9 nitrogen and oxygen atoms in total. The van der Waals surface area contributed by atoms with Crippen molar-refractivity contribution in [3.05, 3.63) is 34.2 Å². The Labute approximate surface area is 168 Å². The number of halogens is 1. The van der Waals surface area contributed by atoms with Crippen LogP contribution in [-0.2, 0) is 0 Å². The van der Waals surface area contributed by atoms with Gasteiger partial charge in [0.05, 0.1) is 22.7 Å². The summed E-state index contributed by atoms with van der Waals surface area (Å²) in [5, 5.41) is 11.4. The van der Waals surface area contributed by atoms with E-state index in [9.17, 15) is 4.79 Å². The third kappa shape index (κ3) is 2.95. The Morgan fingerprint density at radius 1 is 1.43 bits per heavy atom. The lowest BCUT2D eigenvalue weighted by Gasteiger charge is -2.30. The van der Waals surface area contributed by atoms with Gasteiger partial charge in [0.2, 0.25) is 0 Å². The van der Waals surface area contributed by atoms with Crippen molar-refractivity contribution in [3.8, 4) is 5.75 Å². The van der Waals surface area contributed by atoms with Crippen LogP contribution < -0.4 is 15.8 Å². The molecule has 1 amide bonds. The molecule has 144 valence electrons. The highest BCUT2D eigenvalue weighted by molar-refractivity contribution is 9.10. The molecule has 1 aliphatic rings. The number of aromatic nitrogens is 3. The van der Waals surface area contributed by atoms with Crippen LogP contribution in [0.4, 0.5) is 17.2 Å². The van der Waals surface area contributed by atoms with Crippen molar-refractivity contribution in [3.63, 3.8) is 0 Å². The first kappa shape index (κ1) is 18.2. The number of H-pyrrole nitrogens is 1. The van der Waals surface area contributed by atoms with E-state index in [1.54, 1.807) is 17.0 Å². The summed E-state index contributed by atoms with van der Waals surface area (Å²) in [6.07, 6.45) is 3.60. The predicted octanol–water partition coefficient (Wildman–Crippen LogP) is 2.90. The number of benzene rings is 1. The number of hydrogen-bond donors (Lipinski definition) is 4. The molecule has 4 rings (SSSR count). The molecule has 0 unspecified atom stereocenters. The maximum atomic E-state index is 12.6. The topological polar surface area (TPSA) is 133 Å². The molecule has 0 atom stereocenters. The SMILES string of the molecule is COc1cc(N)c(C=N)cc1Nc1ncnc2[nH]c(C(=O)N3CCC3)c(Br)c12. The third-order valence-electron chi connectivity index (χ3n) is 4.70. The van der Waals surface area contributed by atoms with E-state index in [-0.39, 0.29) is 5.91 Å². The molecule has 0 saturated carbocycles. The number of hydrogen-bond acceptors (Lipinski definition) is 7. The van der Waals surface area contributed by atoms with Crippen molar-refractivity contribution in [2.75, 3.05) is 31.2 Å². The number of ether oxygens (including phenoxy) is 1. The van der Waals surface area contributed by atoms with Gasteiger partial charge in [-0.1, -0.05) is 0 Å². The molecule has 28 heavy (non-hydrogen) atoms. The lowest BCUT2D eigenvalue weighted by atomic mass is 10.1. The molecule has 0 spiro atoms. The Bertz CT molecular complexity index is 1090. The number of rotatable bonds is 5. The van der Waals surface area contributed by atoms with Gasteiger partial charge in [-0.05, 0) is 28.4 Å². The van der Waals surface area contributed by atoms with Crippen molar-refractivity contribution >= 4 is 56.3 Å². The highest BCUT2D eigenvalue weighted by atomic mass is 79.9. The predicted molar refractivity (Wildman–Crippen MR) is 111 cm³/mol. The number of carbonyl (C=O) groups excluding carboxylic acids is 1. The Balaban J connectivity index is 1.79. The normalized spacial score (nSPS) is 13.3. The summed E-state index contributed by atoms with van der Waals surface area (Å²) < 4.78 is 6.00. The van der Waals surface area contributed by atoms with Gasteiger partial charge in [-0.25, -0.2) is 9.97 Å². The quantitative estimate of drug-likeness (QED) is 0.353. The molecule has 0 aliphatic carbocycles. The molecule has 0 radical (unpaired) electrons. The summed E-state index contributed by atoms with van der Waals surface area (Å²) in [6, 6.07) is 3.36. The molecule has 2 aromatic heterocycles. The Kier molecular flexibility index (Phi) is 4.63. The molecular weight excluding hydrogens is 426 g/mol. The van der Waals surface area contributed by atoms with Gasteiger partial charge in [0.25, 0.3) is 5.91 Å². The molecule has 10 heteroatoms.